The quantitative estimate of drug-likeness (QED) is 0.738. The van der Waals surface area contributed by atoms with E-state index in [1.165, 1.54) is 0 Å². The lowest BCUT2D eigenvalue weighted by atomic mass is 10.1. The van der Waals surface area contributed by atoms with Crippen molar-refractivity contribution in [3.8, 4) is 0 Å². The predicted molar refractivity (Wildman–Crippen MR) is 108 cm³/mol. The number of hydrogen-bond donors (Lipinski definition) is 1. The van der Waals surface area contributed by atoms with Crippen LogP contribution in [0.1, 0.15) is 36.5 Å². The van der Waals surface area contributed by atoms with Crippen LogP contribution in [0.2, 0.25) is 0 Å². The zero-order chi connectivity index (χ0) is 19.0. The molecule has 0 unspecified atom stereocenters. The maximum Gasteiger partial charge on any atom is 0.223 e. The average molecular weight is 382 g/mol. The van der Waals surface area contributed by atoms with E-state index in [4.69, 9.17) is 4.98 Å². The van der Waals surface area contributed by atoms with Crippen LogP contribution < -0.4 is 5.32 Å². The van der Waals surface area contributed by atoms with Crippen molar-refractivity contribution < 1.29 is 4.79 Å². The summed E-state index contributed by atoms with van der Waals surface area (Å²) in [7, 11) is 0. The van der Waals surface area contributed by atoms with Gasteiger partial charge in [-0.25, -0.2) is 15.0 Å². The molecule has 0 bridgehead atoms. The van der Waals surface area contributed by atoms with Gasteiger partial charge in [-0.15, -0.1) is 0 Å². The average Bonchev–Trinajstić information content (AvgIpc) is 3.03. The Morgan fingerprint density at radius 3 is 2.70 bits per heavy atom. The van der Waals surface area contributed by atoms with E-state index in [-0.39, 0.29) is 5.91 Å². The zero-order valence-electron chi connectivity index (χ0n) is 15.8. The zero-order valence-corrected chi connectivity index (χ0v) is 16.6. The van der Waals surface area contributed by atoms with E-state index in [9.17, 15) is 4.79 Å². The number of fused-ring (bicyclic) bond motifs is 2. The van der Waals surface area contributed by atoms with Gasteiger partial charge >= 0.3 is 0 Å². The Morgan fingerprint density at radius 2 is 1.96 bits per heavy atom. The topological polar surface area (TPSA) is 71.0 Å². The highest BCUT2D eigenvalue weighted by atomic mass is 32.1. The van der Waals surface area contributed by atoms with Crippen LogP contribution in [0.25, 0.3) is 11.0 Å². The van der Waals surface area contributed by atoms with Gasteiger partial charge in [0.05, 0.1) is 29.0 Å². The first-order valence-electron chi connectivity index (χ1n) is 9.26. The van der Waals surface area contributed by atoms with E-state index in [2.05, 4.69) is 29.1 Å². The number of aryl methyl sites for hydroxylation is 1. The SMILES string of the molecule is Cc1nc2ccccc2nc1Nc1nc2c(s1)CN(C(=O)CC(C)C)CC2. The molecule has 1 aliphatic heterocycles. The Morgan fingerprint density at radius 1 is 1.22 bits per heavy atom. The summed E-state index contributed by atoms with van der Waals surface area (Å²) >= 11 is 1.60. The summed E-state index contributed by atoms with van der Waals surface area (Å²) in [5, 5.41) is 4.14. The fourth-order valence-corrected chi connectivity index (χ4v) is 4.27. The molecule has 0 radical (unpaired) electrons. The minimum atomic E-state index is 0.231. The summed E-state index contributed by atoms with van der Waals surface area (Å²) in [5.74, 6) is 1.34. The fraction of sp³-hybridized carbons (Fsp3) is 0.400. The molecule has 0 fully saturated rings. The molecule has 6 nitrogen and oxygen atoms in total. The van der Waals surface area contributed by atoms with Gasteiger partial charge in [0.15, 0.2) is 10.9 Å². The molecule has 4 rings (SSSR count). The number of nitrogens with zero attached hydrogens (tertiary/aromatic N) is 4. The van der Waals surface area contributed by atoms with Crippen molar-refractivity contribution in [2.45, 2.75) is 40.2 Å². The van der Waals surface area contributed by atoms with Crippen LogP contribution in [-0.4, -0.2) is 32.3 Å². The summed E-state index contributed by atoms with van der Waals surface area (Å²) in [4.78, 5) is 29.5. The van der Waals surface area contributed by atoms with Crippen molar-refractivity contribution in [1.29, 1.82) is 0 Å². The number of amides is 1. The Kier molecular flexibility index (Phi) is 4.78. The monoisotopic (exact) mass is 381 g/mol. The summed E-state index contributed by atoms with van der Waals surface area (Å²) in [6, 6.07) is 7.84. The number of rotatable bonds is 4. The molecule has 2 aromatic heterocycles. The van der Waals surface area contributed by atoms with Gasteiger partial charge in [-0.2, -0.15) is 0 Å². The summed E-state index contributed by atoms with van der Waals surface area (Å²) in [6.07, 6.45) is 1.41. The highest BCUT2D eigenvalue weighted by molar-refractivity contribution is 7.15. The van der Waals surface area contributed by atoms with Crippen molar-refractivity contribution in [3.63, 3.8) is 0 Å². The van der Waals surface area contributed by atoms with Crippen molar-refractivity contribution >= 4 is 39.2 Å². The summed E-state index contributed by atoms with van der Waals surface area (Å²) < 4.78 is 0. The second-order valence-corrected chi connectivity index (χ2v) is 8.41. The van der Waals surface area contributed by atoms with Crippen LogP contribution in [0.5, 0.6) is 0 Å². The molecule has 0 atom stereocenters. The number of para-hydroxylation sites is 2. The molecular formula is C20H23N5OS. The molecule has 3 heterocycles. The van der Waals surface area contributed by atoms with Gasteiger partial charge in [0.2, 0.25) is 5.91 Å². The number of aromatic nitrogens is 3. The molecule has 1 aromatic carbocycles. The third-order valence-electron chi connectivity index (χ3n) is 4.64. The van der Waals surface area contributed by atoms with Crippen LogP contribution in [0.3, 0.4) is 0 Å². The Bertz CT molecular complexity index is 997. The van der Waals surface area contributed by atoms with Gasteiger partial charge in [-0.3, -0.25) is 4.79 Å². The second-order valence-electron chi connectivity index (χ2n) is 7.32. The summed E-state index contributed by atoms with van der Waals surface area (Å²) in [5.41, 5.74) is 3.67. The third kappa shape index (κ3) is 3.78. The van der Waals surface area contributed by atoms with E-state index in [1.807, 2.05) is 36.1 Å². The number of carbonyl (C=O) groups is 1. The van der Waals surface area contributed by atoms with E-state index in [1.54, 1.807) is 11.3 Å². The van der Waals surface area contributed by atoms with Crippen molar-refractivity contribution in [1.82, 2.24) is 19.9 Å². The van der Waals surface area contributed by atoms with Crippen LogP contribution in [0.4, 0.5) is 10.9 Å². The van der Waals surface area contributed by atoms with Gasteiger partial charge in [-0.1, -0.05) is 37.3 Å². The van der Waals surface area contributed by atoms with Crippen molar-refractivity contribution in [2.24, 2.45) is 5.92 Å². The van der Waals surface area contributed by atoms with Crippen molar-refractivity contribution in [2.75, 3.05) is 11.9 Å². The largest absolute Gasteiger partial charge is 0.337 e. The smallest absolute Gasteiger partial charge is 0.223 e. The normalized spacial score (nSPS) is 13.9. The van der Waals surface area contributed by atoms with Gasteiger partial charge in [0.25, 0.3) is 0 Å². The first-order chi connectivity index (χ1) is 13.0. The Hall–Kier alpha value is -2.54. The standard InChI is InChI=1S/C20H23N5OS/c1-12(2)10-18(26)25-9-8-16-17(11-25)27-20(23-16)24-19-13(3)21-14-6-4-5-7-15(14)22-19/h4-7,12H,8-11H2,1-3H3,(H,22,23,24). The molecule has 1 N–H and O–H groups in total. The van der Waals surface area contributed by atoms with E-state index >= 15 is 0 Å². The summed E-state index contributed by atoms with van der Waals surface area (Å²) in [6.45, 7) is 7.50. The van der Waals surface area contributed by atoms with E-state index in [0.717, 1.165) is 51.2 Å². The number of thiazole rings is 1. The first-order valence-corrected chi connectivity index (χ1v) is 10.1. The molecule has 1 amide bonds. The maximum absolute atomic E-state index is 12.4. The van der Waals surface area contributed by atoms with Crippen molar-refractivity contribution in [3.05, 3.63) is 40.5 Å². The maximum atomic E-state index is 12.4. The van der Waals surface area contributed by atoms with Gasteiger partial charge in [0, 0.05) is 24.3 Å². The predicted octanol–water partition coefficient (Wildman–Crippen LogP) is 4.07. The molecule has 0 aliphatic carbocycles. The van der Waals surface area contributed by atoms with Crippen LogP contribution in [-0.2, 0) is 17.8 Å². The number of benzene rings is 1. The Balaban J connectivity index is 1.53. The van der Waals surface area contributed by atoms with E-state index in [0.29, 0.717) is 18.9 Å². The lowest BCUT2D eigenvalue weighted by Crippen LogP contribution is -2.36. The van der Waals surface area contributed by atoms with Crippen LogP contribution in [0, 0.1) is 12.8 Å². The van der Waals surface area contributed by atoms with Gasteiger partial charge in [0.1, 0.15) is 0 Å². The molecular weight excluding hydrogens is 358 g/mol. The highest BCUT2D eigenvalue weighted by Crippen LogP contribution is 2.31. The number of carbonyl (C=O) groups excluding carboxylic acids is 1. The molecule has 0 spiro atoms. The lowest BCUT2D eigenvalue weighted by molar-refractivity contribution is -0.132. The fourth-order valence-electron chi connectivity index (χ4n) is 3.25. The van der Waals surface area contributed by atoms with Gasteiger partial charge < -0.3 is 10.2 Å². The second kappa shape index (κ2) is 7.23. The highest BCUT2D eigenvalue weighted by Gasteiger charge is 2.24. The number of anilines is 2. The lowest BCUT2D eigenvalue weighted by Gasteiger charge is -2.26. The number of hydrogen-bond acceptors (Lipinski definition) is 6. The molecule has 0 saturated carbocycles. The third-order valence-corrected chi connectivity index (χ3v) is 5.63. The Labute approximate surface area is 162 Å². The van der Waals surface area contributed by atoms with Crippen LogP contribution in [0.15, 0.2) is 24.3 Å². The van der Waals surface area contributed by atoms with E-state index < -0.39 is 0 Å². The molecule has 0 saturated heterocycles. The minimum Gasteiger partial charge on any atom is -0.337 e. The molecule has 140 valence electrons. The van der Waals surface area contributed by atoms with Gasteiger partial charge in [-0.05, 0) is 25.0 Å². The molecule has 3 aromatic rings. The van der Waals surface area contributed by atoms with Crippen LogP contribution >= 0.6 is 11.3 Å². The molecule has 27 heavy (non-hydrogen) atoms. The molecule has 7 heteroatoms. The first kappa shape index (κ1) is 17.9. The minimum absolute atomic E-state index is 0.231. The molecule has 1 aliphatic rings. The number of nitrogens with one attached hydrogen (secondary N) is 1.